The van der Waals surface area contributed by atoms with Gasteiger partial charge in [-0.2, -0.15) is 11.3 Å². The number of hydrogen-bond donors (Lipinski definition) is 3. The van der Waals surface area contributed by atoms with Crippen molar-refractivity contribution in [2.75, 3.05) is 6.54 Å². The number of amidine groups is 1. The fourth-order valence-corrected chi connectivity index (χ4v) is 2.56. The predicted octanol–water partition coefficient (Wildman–Crippen LogP) is 2.31. The SMILES string of the molecule is N/C(=N/O)c1cc(F)cc(CNCCc2ccsc2)c1. The van der Waals surface area contributed by atoms with Crippen molar-refractivity contribution in [1.82, 2.24) is 5.32 Å². The number of rotatable bonds is 6. The zero-order chi connectivity index (χ0) is 14.4. The van der Waals surface area contributed by atoms with Crippen LogP contribution in [0.15, 0.2) is 40.2 Å². The Morgan fingerprint density at radius 3 is 2.90 bits per heavy atom. The molecule has 0 unspecified atom stereocenters. The Morgan fingerprint density at radius 2 is 2.20 bits per heavy atom. The van der Waals surface area contributed by atoms with Crippen molar-refractivity contribution < 1.29 is 9.60 Å². The van der Waals surface area contributed by atoms with Gasteiger partial charge in [-0.15, -0.1) is 0 Å². The molecule has 20 heavy (non-hydrogen) atoms. The van der Waals surface area contributed by atoms with Gasteiger partial charge >= 0.3 is 0 Å². The molecule has 0 aliphatic rings. The van der Waals surface area contributed by atoms with E-state index >= 15 is 0 Å². The number of nitrogens with one attached hydrogen (secondary N) is 1. The van der Waals surface area contributed by atoms with Gasteiger partial charge in [0.1, 0.15) is 5.82 Å². The number of hydrogen-bond acceptors (Lipinski definition) is 4. The van der Waals surface area contributed by atoms with Gasteiger partial charge in [-0.3, -0.25) is 0 Å². The van der Waals surface area contributed by atoms with E-state index in [4.69, 9.17) is 10.9 Å². The molecule has 0 radical (unpaired) electrons. The van der Waals surface area contributed by atoms with Crippen LogP contribution in [0.25, 0.3) is 0 Å². The minimum absolute atomic E-state index is 0.0935. The normalized spacial score (nSPS) is 11.8. The van der Waals surface area contributed by atoms with Gasteiger partial charge in [0.05, 0.1) is 0 Å². The van der Waals surface area contributed by atoms with Crippen LogP contribution in [-0.4, -0.2) is 17.6 Å². The van der Waals surface area contributed by atoms with Crippen LogP contribution in [0.4, 0.5) is 4.39 Å². The second-order valence-electron chi connectivity index (χ2n) is 4.39. The Balaban J connectivity index is 1.90. The van der Waals surface area contributed by atoms with Crippen LogP contribution in [0.2, 0.25) is 0 Å². The van der Waals surface area contributed by atoms with Gasteiger partial charge in [0.2, 0.25) is 0 Å². The highest BCUT2D eigenvalue weighted by Crippen LogP contribution is 2.10. The Labute approximate surface area is 120 Å². The monoisotopic (exact) mass is 293 g/mol. The standard InChI is InChI=1S/C14H16FN3OS/c15-13-6-11(5-12(7-13)14(16)18-19)8-17-3-1-10-2-4-20-9-10/h2,4-7,9,17,19H,1,3,8H2,(H2,16,18). The fraction of sp³-hybridized carbons (Fsp3) is 0.214. The lowest BCUT2D eigenvalue weighted by molar-refractivity contribution is 0.318. The predicted molar refractivity (Wildman–Crippen MR) is 78.6 cm³/mol. The molecule has 0 atom stereocenters. The average Bonchev–Trinajstić information content (AvgIpc) is 2.95. The van der Waals surface area contributed by atoms with E-state index in [1.165, 1.54) is 17.7 Å². The van der Waals surface area contributed by atoms with E-state index in [0.29, 0.717) is 12.1 Å². The van der Waals surface area contributed by atoms with Crippen molar-refractivity contribution >= 4 is 17.2 Å². The second-order valence-corrected chi connectivity index (χ2v) is 5.17. The number of nitrogens with zero attached hydrogens (tertiary/aromatic N) is 1. The van der Waals surface area contributed by atoms with Gasteiger partial charge in [0.25, 0.3) is 0 Å². The highest BCUT2D eigenvalue weighted by atomic mass is 32.1. The number of oxime groups is 1. The summed E-state index contributed by atoms with van der Waals surface area (Å²) in [4.78, 5) is 0. The largest absolute Gasteiger partial charge is 0.409 e. The molecule has 0 fully saturated rings. The van der Waals surface area contributed by atoms with Gasteiger partial charge in [0.15, 0.2) is 5.84 Å². The molecule has 1 aromatic heterocycles. The first kappa shape index (κ1) is 14.5. The van der Waals surface area contributed by atoms with Crippen LogP contribution in [0.5, 0.6) is 0 Å². The van der Waals surface area contributed by atoms with E-state index in [1.54, 1.807) is 17.4 Å². The smallest absolute Gasteiger partial charge is 0.170 e. The molecule has 2 aromatic rings. The molecule has 106 valence electrons. The Kier molecular flexibility index (Phi) is 5.09. The van der Waals surface area contributed by atoms with Crippen LogP contribution in [0, 0.1) is 5.82 Å². The maximum Gasteiger partial charge on any atom is 0.170 e. The van der Waals surface area contributed by atoms with E-state index in [-0.39, 0.29) is 5.84 Å². The van der Waals surface area contributed by atoms with Gasteiger partial charge in [-0.05, 0) is 59.1 Å². The third kappa shape index (κ3) is 4.04. The molecule has 0 bridgehead atoms. The molecule has 0 amide bonds. The van der Waals surface area contributed by atoms with Crippen molar-refractivity contribution in [2.24, 2.45) is 10.9 Å². The molecule has 0 saturated carbocycles. The molecule has 6 heteroatoms. The van der Waals surface area contributed by atoms with Gasteiger partial charge < -0.3 is 16.3 Å². The van der Waals surface area contributed by atoms with Crippen LogP contribution >= 0.6 is 11.3 Å². The summed E-state index contributed by atoms with van der Waals surface area (Å²) in [7, 11) is 0. The van der Waals surface area contributed by atoms with E-state index in [0.717, 1.165) is 18.5 Å². The number of benzene rings is 1. The zero-order valence-corrected chi connectivity index (χ0v) is 11.7. The summed E-state index contributed by atoms with van der Waals surface area (Å²) in [6, 6.07) is 6.47. The average molecular weight is 293 g/mol. The van der Waals surface area contributed by atoms with Crippen LogP contribution in [0.1, 0.15) is 16.7 Å². The maximum atomic E-state index is 13.4. The van der Waals surface area contributed by atoms with Crippen LogP contribution in [0.3, 0.4) is 0 Å². The summed E-state index contributed by atoms with van der Waals surface area (Å²) in [5, 5.41) is 18.9. The summed E-state index contributed by atoms with van der Waals surface area (Å²) in [6.07, 6.45) is 0.936. The summed E-state index contributed by atoms with van der Waals surface area (Å²) in [5.41, 5.74) is 7.89. The third-order valence-corrected chi connectivity index (χ3v) is 3.59. The van der Waals surface area contributed by atoms with Crippen molar-refractivity contribution in [3.8, 4) is 0 Å². The first-order chi connectivity index (χ1) is 9.69. The quantitative estimate of drug-likeness (QED) is 0.252. The van der Waals surface area contributed by atoms with E-state index in [1.807, 2.05) is 5.38 Å². The lowest BCUT2D eigenvalue weighted by Crippen LogP contribution is -2.18. The van der Waals surface area contributed by atoms with Gasteiger partial charge in [-0.25, -0.2) is 4.39 Å². The first-order valence-electron chi connectivity index (χ1n) is 6.18. The Bertz CT molecular complexity index is 584. The number of thiophene rings is 1. The summed E-state index contributed by atoms with van der Waals surface area (Å²) in [5.74, 6) is -0.493. The molecule has 1 heterocycles. The van der Waals surface area contributed by atoms with Gasteiger partial charge in [0, 0.05) is 12.1 Å². The summed E-state index contributed by atoms with van der Waals surface area (Å²) < 4.78 is 13.4. The van der Waals surface area contributed by atoms with Gasteiger partial charge in [-0.1, -0.05) is 5.16 Å². The van der Waals surface area contributed by atoms with Crippen molar-refractivity contribution in [1.29, 1.82) is 0 Å². The summed E-state index contributed by atoms with van der Waals surface area (Å²) >= 11 is 1.68. The molecule has 4 N–H and O–H groups in total. The molecule has 4 nitrogen and oxygen atoms in total. The first-order valence-corrected chi connectivity index (χ1v) is 7.12. The minimum Gasteiger partial charge on any atom is -0.409 e. The Hall–Kier alpha value is -1.92. The Morgan fingerprint density at radius 1 is 1.35 bits per heavy atom. The lowest BCUT2D eigenvalue weighted by atomic mass is 10.1. The fourth-order valence-electron chi connectivity index (χ4n) is 1.86. The zero-order valence-electron chi connectivity index (χ0n) is 10.8. The summed E-state index contributed by atoms with van der Waals surface area (Å²) in [6.45, 7) is 1.35. The number of nitrogens with two attached hydrogens (primary N) is 1. The topological polar surface area (TPSA) is 70.6 Å². The van der Waals surface area contributed by atoms with Crippen molar-refractivity contribution in [3.05, 3.63) is 57.5 Å². The number of halogens is 1. The molecule has 2 rings (SSSR count). The molecule has 0 saturated heterocycles. The third-order valence-electron chi connectivity index (χ3n) is 2.86. The molecule has 1 aromatic carbocycles. The highest BCUT2D eigenvalue weighted by Gasteiger charge is 2.04. The van der Waals surface area contributed by atoms with Crippen LogP contribution < -0.4 is 11.1 Å². The van der Waals surface area contributed by atoms with Crippen LogP contribution in [-0.2, 0) is 13.0 Å². The van der Waals surface area contributed by atoms with E-state index in [9.17, 15) is 4.39 Å². The molecular weight excluding hydrogens is 277 g/mol. The van der Waals surface area contributed by atoms with E-state index in [2.05, 4.69) is 21.9 Å². The molecule has 0 aliphatic heterocycles. The molecule has 0 spiro atoms. The second kappa shape index (κ2) is 7.02. The molecular formula is C14H16FN3OS. The molecule has 0 aliphatic carbocycles. The lowest BCUT2D eigenvalue weighted by Gasteiger charge is -2.07. The van der Waals surface area contributed by atoms with Crippen molar-refractivity contribution in [2.45, 2.75) is 13.0 Å². The van der Waals surface area contributed by atoms with Crippen molar-refractivity contribution in [3.63, 3.8) is 0 Å². The minimum atomic E-state index is -0.399. The maximum absolute atomic E-state index is 13.4. The van der Waals surface area contributed by atoms with E-state index < -0.39 is 5.82 Å². The highest BCUT2D eigenvalue weighted by molar-refractivity contribution is 7.07.